The average Bonchev–Trinajstić information content (AvgIpc) is 3.57. The van der Waals surface area contributed by atoms with Gasteiger partial charge in [-0.2, -0.15) is 6.07 Å². The Morgan fingerprint density at radius 3 is 2.69 bits per heavy atom. The van der Waals surface area contributed by atoms with Crippen molar-refractivity contribution in [2.75, 3.05) is 31.8 Å². The molecule has 1 saturated heterocycles. The van der Waals surface area contributed by atoms with Crippen LogP contribution in [0.1, 0.15) is 41.4 Å². The van der Waals surface area contributed by atoms with Crippen molar-refractivity contribution in [1.82, 2.24) is 15.2 Å². The number of morpholine rings is 1. The summed E-state index contributed by atoms with van der Waals surface area (Å²) in [4.78, 5) is 28.6. The molecular weight excluding hydrogens is 525 g/mol. The number of pyridine rings is 1. The van der Waals surface area contributed by atoms with Crippen molar-refractivity contribution >= 4 is 29.2 Å². The SMILES string of the molecule is COc1cnc(C(F)F)cc1-c1cc(N2CCOCC2=O)ccc1[C-]=O.[Ni+2].[c-]1nnc(C2CC2)s1. The Labute approximate surface area is 214 Å². The van der Waals surface area contributed by atoms with Crippen molar-refractivity contribution in [3.8, 4) is 16.9 Å². The number of amides is 1. The van der Waals surface area contributed by atoms with Crippen molar-refractivity contribution in [3.63, 3.8) is 0 Å². The number of ether oxygens (including phenoxy) is 2. The van der Waals surface area contributed by atoms with E-state index >= 15 is 0 Å². The van der Waals surface area contributed by atoms with Gasteiger partial charge < -0.3 is 30.5 Å². The van der Waals surface area contributed by atoms with Gasteiger partial charge in [0, 0.05) is 12.2 Å². The summed E-state index contributed by atoms with van der Waals surface area (Å²) >= 11 is 1.55. The summed E-state index contributed by atoms with van der Waals surface area (Å²) in [5.41, 5.74) is 3.60. The zero-order valence-electron chi connectivity index (χ0n) is 18.5. The predicted molar refractivity (Wildman–Crippen MR) is 120 cm³/mol. The topological polar surface area (TPSA) is 94.5 Å². The largest absolute Gasteiger partial charge is 2.00 e. The Balaban J connectivity index is 0.000000319. The molecule has 8 nitrogen and oxygen atoms in total. The summed E-state index contributed by atoms with van der Waals surface area (Å²) in [7, 11) is 1.38. The molecule has 2 fully saturated rings. The summed E-state index contributed by atoms with van der Waals surface area (Å²) in [5.74, 6) is 0.759. The fraction of sp³-hybridized carbons (Fsp3) is 0.348. The fourth-order valence-electron chi connectivity index (χ4n) is 3.41. The molecule has 186 valence electrons. The van der Waals surface area contributed by atoms with Crippen molar-refractivity contribution in [3.05, 3.63) is 52.2 Å². The van der Waals surface area contributed by atoms with Gasteiger partial charge in [0.1, 0.15) is 18.1 Å². The Bertz CT molecular complexity index is 1160. The van der Waals surface area contributed by atoms with Crippen molar-refractivity contribution in [2.24, 2.45) is 0 Å². The molecule has 1 aliphatic carbocycles. The average molecular weight is 545 g/mol. The molecule has 3 aromatic rings. The monoisotopic (exact) mass is 544 g/mol. The molecule has 1 amide bonds. The molecule has 3 heterocycles. The van der Waals surface area contributed by atoms with Crippen molar-refractivity contribution < 1.29 is 44.3 Å². The Morgan fingerprint density at radius 1 is 1.29 bits per heavy atom. The molecule has 35 heavy (non-hydrogen) atoms. The normalized spacial score (nSPS) is 15.2. The number of halogens is 2. The molecule has 2 aromatic heterocycles. The second-order valence-corrected chi connectivity index (χ2v) is 8.35. The Hall–Kier alpha value is -2.82. The van der Waals surface area contributed by atoms with Crippen LogP contribution in [0.5, 0.6) is 5.75 Å². The summed E-state index contributed by atoms with van der Waals surface area (Å²) in [6.07, 6.45) is 2.82. The zero-order valence-corrected chi connectivity index (χ0v) is 20.3. The maximum Gasteiger partial charge on any atom is 2.00 e. The minimum atomic E-state index is -2.77. The molecular formula is C23H20F2N4NiO4S. The van der Waals surface area contributed by atoms with Gasteiger partial charge in [-0.1, -0.05) is 36.4 Å². The second-order valence-electron chi connectivity index (χ2n) is 7.55. The number of methoxy groups -OCH3 is 1. The third kappa shape index (κ3) is 6.45. The van der Waals surface area contributed by atoms with Crippen LogP contribution < -0.4 is 9.64 Å². The van der Waals surface area contributed by atoms with Crippen LogP contribution in [-0.4, -0.2) is 54.2 Å². The van der Waals surface area contributed by atoms with Crippen LogP contribution in [0.3, 0.4) is 0 Å². The minimum absolute atomic E-state index is 0. The van der Waals surface area contributed by atoms with E-state index in [1.807, 2.05) is 0 Å². The first-order valence-electron chi connectivity index (χ1n) is 10.4. The maximum atomic E-state index is 13.1. The molecule has 0 spiro atoms. The van der Waals surface area contributed by atoms with E-state index in [1.165, 1.54) is 48.2 Å². The number of rotatable bonds is 6. The van der Waals surface area contributed by atoms with E-state index in [-0.39, 0.29) is 45.9 Å². The molecule has 2 aliphatic rings. The van der Waals surface area contributed by atoms with Crippen LogP contribution in [0.4, 0.5) is 14.5 Å². The van der Waals surface area contributed by atoms with Crippen molar-refractivity contribution in [2.45, 2.75) is 25.2 Å². The molecule has 0 N–H and O–H groups in total. The van der Waals surface area contributed by atoms with Gasteiger partial charge in [-0.25, -0.2) is 8.78 Å². The number of hydrogen-bond acceptors (Lipinski definition) is 8. The summed E-state index contributed by atoms with van der Waals surface area (Å²) in [6, 6.07) is 5.85. The smallest absolute Gasteiger partial charge is 0.496 e. The van der Waals surface area contributed by atoms with E-state index in [2.05, 4.69) is 20.7 Å². The first kappa shape index (κ1) is 26.8. The molecule has 12 heteroatoms. The van der Waals surface area contributed by atoms with Gasteiger partial charge >= 0.3 is 16.5 Å². The molecule has 1 saturated carbocycles. The number of hydrogen-bond donors (Lipinski definition) is 0. The number of carbonyl (C=O) groups is 1. The third-order valence-corrected chi connectivity index (χ3v) is 6.10. The number of alkyl halides is 2. The van der Waals surface area contributed by atoms with Gasteiger partial charge in [0.25, 0.3) is 12.3 Å². The molecule has 0 bridgehead atoms. The minimum Gasteiger partial charge on any atom is -0.496 e. The maximum absolute atomic E-state index is 13.1. The van der Waals surface area contributed by atoms with Gasteiger partial charge in [-0.05, 0) is 16.6 Å². The summed E-state index contributed by atoms with van der Waals surface area (Å²) in [6.45, 7) is 0.708. The van der Waals surface area contributed by atoms with Crippen LogP contribution in [-0.2, 0) is 30.8 Å². The van der Waals surface area contributed by atoms with Crippen LogP contribution in [0.2, 0.25) is 0 Å². The number of anilines is 1. The van der Waals surface area contributed by atoms with Gasteiger partial charge in [0.15, 0.2) is 0 Å². The second kappa shape index (κ2) is 12.2. The first-order valence-corrected chi connectivity index (χ1v) is 11.3. The van der Waals surface area contributed by atoms with Crippen LogP contribution in [0.25, 0.3) is 11.1 Å². The molecule has 1 aromatic carbocycles. The van der Waals surface area contributed by atoms with Gasteiger partial charge in [0.2, 0.25) is 0 Å². The molecule has 0 radical (unpaired) electrons. The van der Waals surface area contributed by atoms with E-state index in [0.717, 1.165) is 5.92 Å². The quantitative estimate of drug-likeness (QED) is 0.344. The number of carbonyl (C=O) groups excluding carboxylic acids is 2. The molecule has 0 atom stereocenters. The fourth-order valence-corrected chi connectivity index (χ4v) is 4.07. The number of benzene rings is 1. The van der Waals surface area contributed by atoms with Crippen LogP contribution in [0, 0.1) is 5.51 Å². The van der Waals surface area contributed by atoms with E-state index < -0.39 is 12.1 Å². The van der Waals surface area contributed by atoms with E-state index in [0.29, 0.717) is 24.4 Å². The van der Waals surface area contributed by atoms with Gasteiger partial charge in [-0.15, -0.1) is 11.1 Å². The standard InChI is InChI=1S/C18H15F2N2O4.C5H5N2S.Ni/c1-25-16-8-21-15(18(19)20)7-14(16)13-6-12(3-2-11(13)9-23)22-4-5-26-10-17(22)24;1-2-4(1)5-7-6-3-8-5;/h2-3,6-8,18H,4-5,10H2,1H3;4H,1-2H2;/q2*-1;+2. The van der Waals surface area contributed by atoms with Crippen molar-refractivity contribution in [1.29, 1.82) is 0 Å². The first-order chi connectivity index (χ1) is 16.5. The Morgan fingerprint density at radius 2 is 2.09 bits per heavy atom. The molecule has 5 rings (SSSR count). The van der Waals surface area contributed by atoms with E-state index in [1.54, 1.807) is 29.8 Å². The number of nitrogens with zero attached hydrogens (tertiary/aromatic N) is 4. The van der Waals surface area contributed by atoms with Crippen LogP contribution in [0.15, 0.2) is 30.5 Å². The Kier molecular flexibility index (Phi) is 9.36. The molecule has 1 aliphatic heterocycles. The predicted octanol–water partition coefficient (Wildman–Crippen LogP) is 3.73. The molecule has 0 unspecified atom stereocenters. The van der Waals surface area contributed by atoms with Gasteiger partial charge in [0.05, 0.1) is 26.2 Å². The van der Waals surface area contributed by atoms with Gasteiger partial charge in [-0.3, -0.25) is 20.0 Å². The summed E-state index contributed by atoms with van der Waals surface area (Å²) in [5, 5.41) is 8.69. The number of aromatic nitrogens is 3. The zero-order chi connectivity index (χ0) is 24.1. The van der Waals surface area contributed by atoms with E-state index in [4.69, 9.17) is 9.47 Å². The van der Waals surface area contributed by atoms with Crippen LogP contribution >= 0.6 is 11.3 Å². The third-order valence-electron chi connectivity index (χ3n) is 5.30. The summed E-state index contributed by atoms with van der Waals surface area (Å²) < 4.78 is 36.4. The van der Waals surface area contributed by atoms with E-state index in [9.17, 15) is 18.4 Å².